The van der Waals surface area contributed by atoms with Gasteiger partial charge in [-0.3, -0.25) is 0 Å². The van der Waals surface area contributed by atoms with Gasteiger partial charge in [0.2, 0.25) is 0 Å². The lowest BCUT2D eigenvalue weighted by molar-refractivity contribution is 0.192. The van der Waals surface area contributed by atoms with Gasteiger partial charge < -0.3 is 14.7 Å². The molecule has 0 amide bonds. The maximum Gasteiger partial charge on any atom is 0.0781 e. The Labute approximate surface area is 96.6 Å². The van der Waals surface area contributed by atoms with Gasteiger partial charge >= 0.3 is 0 Å². The number of anilines is 1. The van der Waals surface area contributed by atoms with Crippen molar-refractivity contribution in [1.82, 2.24) is 0 Å². The number of nitrogens with zero attached hydrogens (tertiary/aromatic N) is 1. The quantitative estimate of drug-likeness (QED) is 0.847. The van der Waals surface area contributed by atoms with Crippen LogP contribution in [0.15, 0.2) is 24.3 Å². The Morgan fingerprint density at radius 3 is 2.81 bits per heavy atom. The summed E-state index contributed by atoms with van der Waals surface area (Å²) in [7, 11) is 2.07. The highest BCUT2D eigenvalue weighted by Gasteiger charge is 2.22. The highest BCUT2D eigenvalue weighted by Crippen LogP contribution is 2.28. The summed E-state index contributed by atoms with van der Waals surface area (Å²) >= 11 is 0. The minimum Gasteiger partial charge on any atom is -0.389 e. The highest BCUT2D eigenvalue weighted by molar-refractivity contribution is 5.54. The smallest absolute Gasteiger partial charge is 0.0781 e. The summed E-state index contributed by atoms with van der Waals surface area (Å²) in [5.41, 5.74) is 2.09. The van der Waals surface area contributed by atoms with Crippen LogP contribution >= 0.6 is 0 Å². The fourth-order valence-corrected chi connectivity index (χ4v) is 2.19. The van der Waals surface area contributed by atoms with Gasteiger partial charge in [0.05, 0.1) is 18.8 Å². The lowest BCUT2D eigenvalue weighted by Crippen LogP contribution is -2.32. The van der Waals surface area contributed by atoms with Crippen LogP contribution in [0, 0.1) is 0 Å². The zero-order valence-electron chi connectivity index (χ0n) is 9.89. The first kappa shape index (κ1) is 11.4. The Hall–Kier alpha value is -1.06. The summed E-state index contributed by atoms with van der Waals surface area (Å²) in [6.45, 7) is 3.42. The van der Waals surface area contributed by atoms with Crippen LogP contribution in [0.25, 0.3) is 0 Å². The molecular weight excluding hydrogens is 202 g/mol. The third-order valence-corrected chi connectivity index (χ3v) is 3.22. The van der Waals surface area contributed by atoms with Crippen LogP contribution in [0.4, 0.5) is 5.69 Å². The van der Waals surface area contributed by atoms with Crippen molar-refractivity contribution >= 4 is 5.69 Å². The van der Waals surface area contributed by atoms with E-state index >= 15 is 0 Å². The van der Waals surface area contributed by atoms with Gasteiger partial charge in [-0.1, -0.05) is 18.2 Å². The zero-order chi connectivity index (χ0) is 11.5. The van der Waals surface area contributed by atoms with Crippen molar-refractivity contribution in [1.29, 1.82) is 0 Å². The Morgan fingerprint density at radius 1 is 1.44 bits per heavy atom. The summed E-state index contributed by atoms with van der Waals surface area (Å²) in [5.74, 6) is 0. The molecule has 0 bridgehead atoms. The maximum absolute atomic E-state index is 9.74. The maximum atomic E-state index is 9.74. The summed E-state index contributed by atoms with van der Waals surface area (Å²) in [6, 6.07) is 8.44. The van der Waals surface area contributed by atoms with Crippen LogP contribution in [0.1, 0.15) is 25.0 Å². The second-order valence-electron chi connectivity index (χ2n) is 4.36. The lowest BCUT2D eigenvalue weighted by atomic mass is 10.1. The Morgan fingerprint density at radius 2 is 2.19 bits per heavy atom. The molecule has 1 N–H and O–H groups in total. The van der Waals surface area contributed by atoms with Gasteiger partial charge in [-0.2, -0.15) is 0 Å². The fourth-order valence-electron chi connectivity index (χ4n) is 2.19. The molecular formula is C13H19NO2. The zero-order valence-corrected chi connectivity index (χ0v) is 9.89. The number of benzene rings is 1. The van der Waals surface area contributed by atoms with E-state index in [4.69, 9.17) is 4.74 Å². The van der Waals surface area contributed by atoms with Gasteiger partial charge in [-0.15, -0.1) is 0 Å². The minimum atomic E-state index is -0.430. The number of likely N-dealkylation sites (N-methyl/N-ethyl adjacent to an activating group) is 1. The number of aliphatic hydroxyl groups is 1. The molecule has 2 atom stereocenters. The summed E-state index contributed by atoms with van der Waals surface area (Å²) in [4.78, 5) is 2.22. The molecule has 88 valence electrons. The first-order valence-corrected chi connectivity index (χ1v) is 5.77. The van der Waals surface area contributed by atoms with Crippen LogP contribution in [0.3, 0.4) is 0 Å². The van der Waals surface area contributed by atoms with Crippen molar-refractivity contribution in [2.45, 2.75) is 25.5 Å². The Kier molecular flexibility index (Phi) is 3.46. The molecule has 0 saturated carbocycles. The molecule has 1 aliphatic rings. The second-order valence-corrected chi connectivity index (χ2v) is 4.36. The second kappa shape index (κ2) is 4.85. The summed E-state index contributed by atoms with van der Waals surface area (Å²) in [6.07, 6.45) is 0.631. The van der Waals surface area contributed by atoms with Gasteiger partial charge in [-0.25, -0.2) is 0 Å². The molecule has 1 aromatic carbocycles. The molecule has 0 aliphatic carbocycles. The van der Waals surface area contributed by atoms with Crippen LogP contribution in [0.2, 0.25) is 0 Å². The van der Waals surface area contributed by atoms with Crippen LogP contribution in [-0.2, 0) is 4.74 Å². The number of hydrogen-bond donors (Lipinski definition) is 1. The molecule has 0 spiro atoms. The first-order valence-electron chi connectivity index (χ1n) is 5.77. The first-order chi connectivity index (χ1) is 7.70. The van der Waals surface area contributed by atoms with Crippen LogP contribution in [0.5, 0.6) is 0 Å². The summed E-state index contributed by atoms with van der Waals surface area (Å²) < 4.78 is 5.40. The van der Waals surface area contributed by atoms with E-state index in [1.54, 1.807) is 6.92 Å². The number of ether oxygens (including phenoxy) is 1. The Balaban J connectivity index is 2.24. The highest BCUT2D eigenvalue weighted by atomic mass is 16.5. The van der Waals surface area contributed by atoms with Gasteiger partial charge in [0.25, 0.3) is 0 Å². The van der Waals surface area contributed by atoms with E-state index in [0.29, 0.717) is 6.04 Å². The largest absolute Gasteiger partial charge is 0.389 e. The SMILES string of the molecule is C[C@@H](O)c1ccccc1N(C)C1CCOC1. The minimum absolute atomic E-state index is 0.430. The van der Waals surface area contributed by atoms with Crippen molar-refractivity contribution in [3.05, 3.63) is 29.8 Å². The molecule has 1 aromatic rings. The van der Waals surface area contributed by atoms with Gasteiger partial charge in [-0.05, 0) is 19.4 Å². The molecule has 3 heteroatoms. The average Bonchev–Trinajstić information content (AvgIpc) is 2.81. The van der Waals surface area contributed by atoms with E-state index in [2.05, 4.69) is 18.0 Å². The summed E-state index contributed by atoms with van der Waals surface area (Å²) in [5, 5.41) is 9.74. The van der Waals surface area contributed by atoms with Crippen molar-refractivity contribution in [2.24, 2.45) is 0 Å². The molecule has 1 saturated heterocycles. The molecule has 3 nitrogen and oxygen atoms in total. The van der Waals surface area contributed by atoms with Crippen molar-refractivity contribution in [2.75, 3.05) is 25.2 Å². The average molecular weight is 221 g/mol. The topological polar surface area (TPSA) is 32.7 Å². The molecule has 1 unspecified atom stereocenters. The van der Waals surface area contributed by atoms with Crippen molar-refractivity contribution in [3.8, 4) is 0 Å². The number of para-hydroxylation sites is 1. The van der Waals surface area contributed by atoms with E-state index in [0.717, 1.165) is 30.9 Å². The van der Waals surface area contributed by atoms with E-state index in [1.165, 1.54) is 0 Å². The van der Waals surface area contributed by atoms with Crippen molar-refractivity contribution in [3.63, 3.8) is 0 Å². The molecule has 2 rings (SSSR count). The standard InChI is InChI=1S/C13H19NO2/c1-10(15)12-5-3-4-6-13(12)14(2)11-7-8-16-9-11/h3-6,10-11,15H,7-9H2,1-2H3/t10-,11?/m1/s1. The molecule has 0 aromatic heterocycles. The number of rotatable bonds is 3. The third kappa shape index (κ3) is 2.20. The molecule has 1 heterocycles. The predicted octanol–water partition coefficient (Wildman–Crippen LogP) is 1.97. The van der Waals surface area contributed by atoms with Gasteiger partial charge in [0, 0.05) is 24.9 Å². The number of aliphatic hydroxyl groups excluding tert-OH is 1. The fraction of sp³-hybridized carbons (Fsp3) is 0.538. The van der Waals surface area contributed by atoms with E-state index in [9.17, 15) is 5.11 Å². The lowest BCUT2D eigenvalue weighted by Gasteiger charge is -2.28. The van der Waals surface area contributed by atoms with E-state index < -0.39 is 6.10 Å². The van der Waals surface area contributed by atoms with Crippen molar-refractivity contribution < 1.29 is 9.84 Å². The van der Waals surface area contributed by atoms with Gasteiger partial charge in [0.1, 0.15) is 0 Å². The molecule has 1 fully saturated rings. The predicted molar refractivity (Wildman–Crippen MR) is 64.7 cm³/mol. The molecule has 1 aliphatic heterocycles. The molecule has 16 heavy (non-hydrogen) atoms. The van der Waals surface area contributed by atoms with E-state index in [-0.39, 0.29) is 0 Å². The third-order valence-electron chi connectivity index (χ3n) is 3.22. The van der Waals surface area contributed by atoms with Crippen LogP contribution in [-0.4, -0.2) is 31.4 Å². The van der Waals surface area contributed by atoms with Gasteiger partial charge in [0.15, 0.2) is 0 Å². The number of hydrogen-bond acceptors (Lipinski definition) is 3. The van der Waals surface area contributed by atoms with Crippen LogP contribution < -0.4 is 4.90 Å². The van der Waals surface area contributed by atoms with E-state index in [1.807, 2.05) is 18.2 Å². The molecule has 0 radical (unpaired) electrons. The monoisotopic (exact) mass is 221 g/mol. The normalized spacial score (nSPS) is 22.1. The Bertz CT molecular complexity index is 346.